The van der Waals surface area contributed by atoms with Crippen molar-refractivity contribution in [1.29, 1.82) is 0 Å². The number of rotatable bonds is 6. The summed E-state index contributed by atoms with van der Waals surface area (Å²) in [4.78, 5) is 26.7. The largest absolute Gasteiger partial charge is 0.497 e. The maximum absolute atomic E-state index is 12.6. The molecule has 1 aromatic carbocycles. The summed E-state index contributed by atoms with van der Waals surface area (Å²) in [6.45, 7) is 2.59. The third-order valence-corrected chi connectivity index (χ3v) is 4.36. The van der Waals surface area contributed by atoms with Crippen molar-refractivity contribution in [1.82, 2.24) is 20.1 Å². The molecule has 1 amide bonds. The van der Waals surface area contributed by atoms with Crippen molar-refractivity contribution in [3.8, 4) is 5.75 Å². The molecular formula is C17H21N5O4. The average Bonchev–Trinajstić information content (AvgIpc) is 3.11. The van der Waals surface area contributed by atoms with Crippen LogP contribution in [0, 0.1) is 0 Å². The first kappa shape index (κ1) is 17.9. The molecule has 2 N–H and O–H groups in total. The van der Waals surface area contributed by atoms with E-state index in [1.807, 2.05) is 36.1 Å². The van der Waals surface area contributed by atoms with E-state index in [2.05, 4.69) is 15.5 Å². The number of anilines is 2. The van der Waals surface area contributed by atoms with Crippen molar-refractivity contribution in [2.45, 2.75) is 25.9 Å². The molecule has 1 aliphatic rings. The number of amides is 1. The molecule has 1 atom stereocenters. The first-order valence-electron chi connectivity index (χ1n) is 8.39. The Labute approximate surface area is 150 Å². The van der Waals surface area contributed by atoms with Gasteiger partial charge in [-0.1, -0.05) is 6.92 Å². The third-order valence-electron chi connectivity index (χ3n) is 4.36. The number of aromatic nitrogens is 3. The maximum Gasteiger partial charge on any atom is 0.286 e. The lowest BCUT2D eigenvalue weighted by Gasteiger charge is -2.17. The van der Waals surface area contributed by atoms with E-state index in [1.54, 1.807) is 7.11 Å². The summed E-state index contributed by atoms with van der Waals surface area (Å²) in [5.74, 6) is 0.505. The Hall–Kier alpha value is -2.94. The third kappa shape index (κ3) is 3.25. The number of nitrogens with zero attached hydrogens (tertiary/aromatic N) is 4. The summed E-state index contributed by atoms with van der Waals surface area (Å²) in [7, 11) is 1.59. The van der Waals surface area contributed by atoms with Crippen LogP contribution in [0.1, 0.15) is 23.8 Å². The Balaban J connectivity index is 1.88. The highest BCUT2D eigenvalue weighted by atomic mass is 16.5. The van der Waals surface area contributed by atoms with Gasteiger partial charge in [-0.25, -0.2) is 0 Å². The van der Waals surface area contributed by atoms with Crippen molar-refractivity contribution in [3.63, 3.8) is 0 Å². The molecule has 0 saturated heterocycles. The molecule has 1 aromatic heterocycles. The number of methoxy groups -OCH3 is 1. The molecule has 0 aliphatic carbocycles. The minimum absolute atomic E-state index is 0.201. The number of hydrogen-bond donors (Lipinski definition) is 2. The predicted octanol–water partition coefficient (Wildman–Crippen LogP) is 0.299. The number of hydrogen-bond acceptors (Lipinski definition) is 7. The van der Waals surface area contributed by atoms with Crippen LogP contribution in [0.5, 0.6) is 5.75 Å². The number of carbonyl (C=O) groups is 1. The van der Waals surface area contributed by atoms with Gasteiger partial charge in [0.05, 0.1) is 19.8 Å². The summed E-state index contributed by atoms with van der Waals surface area (Å²) in [5, 5.41) is 19.7. The molecule has 1 unspecified atom stereocenters. The molecule has 9 nitrogen and oxygen atoms in total. The van der Waals surface area contributed by atoms with Gasteiger partial charge in [0.2, 0.25) is 11.6 Å². The smallest absolute Gasteiger partial charge is 0.286 e. The van der Waals surface area contributed by atoms with Crippen LogP contribution in [0.15, 0.2) is 29.1 Å². The van der Waals surface area contributed by atoms with E-state index in [0.717, 1.165) is 11.4 Å². The fourth-order valence-electron chi connectivity index (χ4n) is 2.79. The first-order chi connectivity index (χ1) is 12.6. The van der Waals surface area contributed by atoms with Gasteiger partial charge in [0.25, 0.3) is 11.5 Å². The molecule has 0 bridgehead atoms. The summed E-state index contributed by atoms with van der Waals surface area (Å²) in [5.41, 5.74) is 0.0998. The zero-order chi connectivity index (χ0) is 18.7. The van der Waals surface area contributed by atoms with E-state index < -0.39 is 17.5 Å². The Morgan fingerprint density at radius 3 is 2.65 bits per heavy atom. The van der Waals surface area contributed by atoms with Crippen LogP contribution in [0.4, 0.5) is 11.6 Å². The summed E-state index contributed by atoms with van der Waals surface area (Å²) < 4.78 is 6.59. The topological polar surface area (TPSA) is 110 Å². The van der Waals surface area contributed by atoms with Gasteiger partial charge < -0.3 is 20.1 Å². The molecule has 26 heavy (non-hydrogen) atoms. The molecule has 1 aliphatic heterocycles. The quantitative estimate of drug-likeness (QED) is 0.763. The zero-order valence-corrected chi connectivity index (χ0v) is 14.7. The van der Waals surface area contributed by atoms with Crippen molar-refractivity contribution in [2.24, 2.45) is 0 Å². The fraction of sp³-hybridized carbons (Fsp3) is 0.412. The molecular weight excluding hydrogens is 338 g/mol. The van der Waals surface area contributed by atoms with Crippen LogP contribution < -0.4 is 20.5 Å². The number of fused-ring (bicyclic) bond motifs is 1. The Morgan fingerprint density at radius 1 is 1.31 bits per heavy atom. The van der Waals surface area contributed by atoms with Crippen molar-refractivity contribution in [3.05, 3.63) is 40.3 Å². The number of ether oxygens (including phenoxy) is 1. The van der Waals surface area contributed by atoms with Gasteiger partial charge in [-0.05, 0) is 30.7 Å². The van der Waals surface area contributed by atoms with Gasteiger partial charge in [0.15, 0.2) is 0 Å². The molecule has 0 saturated carbocycles. The molecule has 0 spiro atoms. The number of nitrogens with one attached hydrogen (secondary N) is 1. The fourth-order valence-corrected chi connectivity index (χ4v) is 2.79. The minimum atomic E-state index is -0.624. The monoisotopic (exact) mass is 359 g/mol. The Kier molecular flexibility index (Phi) is 5.17. The highest BCUT2D eigenvalue weighted by Crippen LogP contribution is 2.28. The summed E-state index contributed by atoms with van der Waals surface area (Å²) >= 11 is 0. The second-order valence-electron chi connectivity index (χ2n) is 5.92. The standard InChI is InChI=1S/C17H21N5O4/c1-3-11(10-23)18-15(24)14-16(25)22-9-8-21(17(22)20-19-14)12-4-6-13(26-2)7-5-12/h4-7,11,23H,3,8-10H2,1-2H3,(H,18,24). The normalized spacial score (nSPS) is 14.0. The second kappa shape index (κ2) is 7.52. The van der Waals surface area contributed by atoms with E-state index >= 15 is 0 Å². The van der Waals surface area contributed by atoms with Gasteiger partial charge in [0.1, 0.15) is 5.75 Å². The molecule has 3 rings (SSSR count). The summed E-state index contributed by atoms with van der Waals surface area (Å²) in [6, 6.07) is 6.97. The van der Waals surface area contributed by atoms with Crippen LogP contribution in [-0.2, 0) is 6.54 Å². The molecule has 9 heteroatoms. The van der Waals surface area contributed by atoms with Crippen LogP contribution >= 0.6 is 0 Å². The first-order valence-corrected chi connectivity index (χ1v) is 8.39. The van der Waals surface area contributed by atoms with E-state index in [1.165, 1.54) is 4.57 Å². The lowest BCUT2D eigenvalue weighted by molar-refractivity contribution is 0.0906. The Bertz CT molecular complexity index is 845. The van der Waals surface area contributed by atoms with E-state index in [4.69, 9.17) is 4.74 Å². The van der Waals surface area contributed by atoms with Crippen molar-refractivity contribution in [2.75, 3.05) is 25.2 Å². The van der Waals surface area contributed by atoms with Gasteiger partial charge in [-0.3, -0.25) is 14.2 Å². The lowest BCUT2D eigenvalue weighted by atomic mass is 10.2. The Morgan fingerprint density at radius 2 is 2.04 bits per heavy atom. The van der Waals surface area contributed by atoms with E-state index in [-0.39, 0.29) is 12.3 Å². The van der Waals surface area contributed by atoms with Gasteiger partial charge in [-0.15, -0.1) is 10.2 Å². The van der Waals surface area contributed by atoms with Gasteiger partial charge >= 0.3 is 0 Å². The van der Waals surface area contributed by atoms with E-state index in [9.17, 15) is 14.7 Å². The van der Waals surface area contributed by atoms with Crippen molar-refractivity contribution >= 4 is 17.5 Å². The van der Waals surface area contributed by atoms with Crippen molar-refractivity contribution < 1.29 is 14.6 Å². The van der Waals surface area contributed by atoms with Crippen LogP contribution in [0.2, 0.25) is 0 Å². The number of benzene rings is 1. The predicted molar refractivity (Wildman–Crippen MR) is 94.9 cm³/mol. The van der Waals surface area contributed by atoms with Crippen LogP contribution in [0.3, 0.4) is 0 Å². The van der Waals surface area contributed by atoms with Crippen LogP contribution in [-0.4, -0.2) is 52.1 Å². The number of aliphatic hydroxyl groups is 1. The number of carbonyl (C=O) groups excluding carboxylic acids is 1. The molecule has 0 fully saturated rings. The number of aliphatic hydroxyl groups excluding tert-OH is 1. The molecule has 138 valence electrons. The molecule has 0 radical (unpaired) electrons. The SMILES string of the molecule is CCC(CO)NC(=O)c1nnc2n(c1=O)CCN2c1ccc(OC)cc1. The minimum Gasteiger partial charge on any atom is -0.497 e. The lowest BCUT2D eigenvalue weighted by Crippen LogP contribution is -2.41. The van der Waals surface area contributed by atoms with E-state index in [0.29, 0.717) is 25.5 Å². The second-order valence-corrected chi connectivity index (χ2v) is 5.92. The summed E-state index contributed by atoms with van der Waals surface area (Å²) in [6.07, 6.45) is 0.549. The maximum atomic E-state index is 12.6. The van der Waals surface area contributed by atoms with Crippen LogP contribution in [0.25, 0.3) is 0 Å². The molecule has 2 heterocycles. The highest BCUT2D eigenvalue weighted by Gasteiger charge is 2.27. The zero-order valence-electron chi connectivity index (χ0n) is 14.7. The van der Waals surface area contributed by atoms with Gasteiger partial charge in [0, 0.05) is 18.8 Å². The highest BCUT2D eigenvalue weighted by molar-refractivity contribution is 5.92. The molecule has 2 aromatic rings. The average molecular weight is 359 g/mol. The van der Waals surface area contributed by atoms with Gasteiger partial charge in [-0.2, -0.15) is 0 Å².